The van der Waals surface area contributed by atoms with Gasteiger partial charge in [-0.25, -0.2) is 9.97 Å². The van der Waals surface area contributed by atoms with Crippen LogP contribution in [0, 0.1) is 30.6 Å². The summed E-state index contributed by atoms with van der Waals surface area (Å²) in [6.07, 6.45) is 8.45. The molecule has 8 heteroatoms. The normalized spacial score (nSPS) is 14.8. The number of nitriles is 1. The van der Waals surface area contributed by atoms with Crippen LogP contribution >= 0.6 is 11.5 Å². The summed E-state index contributed by atoms with van der Waals surface area (Å²) < 4.78 is 6.19. The average molecular weight is 365 g/mol. The van der Waals surface area contributed by atoms with E-state index in [-0.39, 0.29) is 5.41 Å². The van der Waals surface area contributed by atoms with Crippen molar-refractivity contribution in [2.75, 3.05) is 5.32 Å². The zero-order valence-corrected chi connectivity index (χ0v) is 15.5. The zero-order valence-electron chi connectivity index (χ0n) is 14.7. The summed E-state index contributed by atoms with van der Waals surface area (Å²) in [6.45, 7) is 4.73. The van der Waals surface area contributed by atoms with E-state index in [4.69, 9.17) is 5.26 Å². The van der Waals surface area contributed by atoms with Crippen LogP contribution in [0.4, 0.5) is 10.9 Å². The summed E-state index contributed by atoms with van der Waals surface area (Å²) in [4.78, 5) is 9.02. The predicted molar refractivity (Wildman–Crippen MR) is 100 cm³/mol. The first-order valence-corrected chi connectivity index (χ1v) is 9.28. The monoisotopic (exact) mass is 365 g/mol. The van der Waals surface area contributed by atoms with Crippen LogP contribution in [0.2, 0.25) is 0 Å². The Labute approximate surface area is 155 Å². The van der Waals surface area contributed by atoms with Gasteiger partial charge in [0.05, 0.1) is 23.7 Å². The molecule has 0 atom stereocenters. The lowest BCUT2D eigenvalue weighted by Gasteiger charge is -2.10. The topological polar surface area (TPSA) is 92.3 Å². The molecule has 0 aliphatic heterocycles. The fraction of sp³-hybridized carbons (Fsp3) is 0.389. The summed E-state index contributed by atoms with van der Waals surface area (Å²) in [5, 5.41) is 17.6. The van der Waals surface area contributed by atoms with Crippen LogP contribution in [-0.4, -0.2) is 24.1 Å². The van der Waals surface area contributed by atoms with Gasteiger partial charge in [-0.15, -0.1) is 0 Å². The Morgan fingerprint density at radius 3 is 2.88 bits per heavy atom. The quantitative estimate of drug-likeness (QED) is 0.713. The number of hydrogen-bond donors (Lipinski definition) is 1. The molecular formula is C18H19N7S. The van der Waals surface area contributed by atoms with Gasteiger partial charge in [0.25, 0.3) is 0 Å². The van der Waals surface area contributed by atoms with Gasteiger partial charge in [-0.2, -0.15) is 14.7 Å². The maximum Gasteiger partial charge on any atom is 0.228 e. The van der Waals surface area contributed by atoms with Crippen molar-refractivity contribution < 1.29 is 0 Å². The minimum Gasteiger partial charge on any atom is -0.314 e. The zero-order chi connectivity index (χ0) is 18.1. The van der Waals surface area contributed by atoms with Gasteiger partial charge in [0.2, 0.25) is 5.95 Å². The minimum absolute atomic E-state index is 0.121. The third-order valence-electron chi connectivity index (χ3n) is 4.65. The molecule has 0 saturated heterocycles. The van der Waals surface area contributed by atoms with Crippen molar-refractivity contribution in [2.45, 2.75) is 39.7 Å². The van der Waals surface area contributed by atoms with Crippen LogP contribution in [0.5, 0.6) is 0 Å². The molecule has 0 bridgehead atoms. The maximum atomic E-state index is 8.99. The van der Waals surface area contributed by atoms with E-state index >= 15 is 0 Å². The second kappa shape index (κ2) is 6.50. The van der Waals surface area contributed by atoms with E-state index < -0.39 is 0 Å². The van der Waals surface area contributed by atoms with Gasteiger partial charge >= 0.3 is 0 Å². The van der Waals surface area contributed by atoms with Crippen LogP contribution in [0.15, 0.2) is 24.7 Å². The molecule has 3 aromatic heterocycles. The highest BCUT2D eigenvalue weighted by atomic mass is 32.1. The molecule has 3 heterocycles. The number of anilines is 2. The Hall–Kier alpha value is -2.79. The molecule has 3 aromatic rings. The molecule has 1 aliphatic carbocycles. The van der Waals surface area contributed by atoms with Crippen molar-refractivity contribution in [3.05, 3.63) is 35.9 Å². The van der Waals surface area contributed by atoms with Crippen molar-refractivity contribution in [3.63, 3.8) is 0 Å². The minimum atomic E-state index is 0.121. The van der Waals surface area contributed by atoms with Gasteiger partial charge in [-0.05, 0) is 49.9 Å². The smallest absolute Gasteiger partial charge is 0.228 e. The Bertz CT molecular complexity index is 978. The summed E-state index contributed by atoms with van der Waals surface area (Å²) in [7, 11) is 0. The molecule has 26 heavy (non-hydrogen) atoms. The Morgan fingerprint density at radius 1 is 1.35 bits per heavy atom. The lowest BCUT2D eigenvalue weighted by Crippen LogP contribution is -2.11. The fourth-order valence-corrected chi connectivity index (χ4v) is 3.63. The lowest BCUT2D eigenvalue weighted by molar-refractivity contribution is 0.405. The van der Waals surface area contributed by atoms with Crippen LogP contribution < -0.4 is 5.32 Å². The molecular weight excluding hydrogens is 346 g/mol. The van der Waals surface area contributed by atoms with Gasteiger partial charge in [-0.3, -0.25) is 4.68 Å². The van der Waals surface area contributed by atoms with E-state index in [9.17, 15) is 0 Å². The Kier molecular flexibility index (Phi) is 4.17. The molecule has 1 saturated carbocycles. The molecule has 1 N–H and O–H groups in total. The Balaban J connectivity index is 1.55. The van der Waals surface area contributed by atoms with Crippen LogP contribution in [0.25, 0.3) is 11.3 Å². The van der Waals surface area contributed by atoms with Gasteiger partial charge in [0.1, 0.15) is 5.00 Å². The van der Waals surface area contributed by atoms with Crippen molar-refractivity contribution in [2.24, 2.45) is 5.41 Å². The molecule has 4 rings (SSSR count). The number of nitrogens with zero attached hydrogens (tertiary/aromatic N) is 6. The van der Waals surface area contributed by atoms with Gasteiger partial charge in [0.15, 0.2) is 0 Å². The molecule has 0 aromatic carbocycles. The summed E-state index contributed by atoms with van der Waals surface area (Å²) in [5.74, 6) is 0.546. The number of aryl methyl sites for hydroxylation is 2. The third kappa shape index (κ3) is 3.44. The van der Waals surface area contributed by atoms with E-state index in [1.807, 2.05) is 43.2 Å². The molecule has 0 radical (unpaired) electrons. The molecule has 1 fully saturated rings. The maximum absolute atomic E-state index is 8.99. The highest BCUT2D eigenvalue weighted by molar-refractivity contribution is 7.10. The van der Waals surface area contributed by atoms with Gasteiger partial charge in [0, 0.05) is 36.3 Å². The molecule has 7 nitrogen and oxygen atoms in total. The van der Waals surface area contributed by atoms with Crippen LogP contribution in [0.3, 0.4) is 0 Å². The standard InChI is InChI=1S/C18H19N7S/c1-12-8-20-17(22-15-7-13(2)24-26-15)23-16(12)14-9-21-25(10-14)11-18(3-4-18)5-6-19/h7-10H,3-5,11H2,1-2H3,(H,20,22,23). The van der Waals surface area contributed by atoms with Crippen molar-refractivity contribution in [3.8, 4) is 17.3 Å². The third-order valence-corrected chi connectivity index (χ3v) is 5.45. The fourth-order valence-electron chi connectivity index (χ4n) is 2.98. The van der Waals surface area contributed by atoms with E-state index in [2.05, 4.69) is 30.8 Å². The van der Waals surface area contributed by atoms with Crippen molar-refractivity contribution >= 4 is 22.5 Å². The second-order valence-electron chi connectivity index (χ2n) is 6.94. The summed E-state index contributed by atoms with van der Waals surface area (Å²) >= 11 is 1.39. The predicted octanol–water partition coefficient (Wildman–Crippen LogP) is 3.85. The van der Waals surface area contributed by atoms with E-state index in [1.165, 1.54) is 11.5 Å². The highest BCUT2D eigenvalue weighted by Gasteiger charge is 2.42. The van der Waals surface area contributed by atoms with Crippen molar-refractivity contribution in [1.29, 1.82) is 5.26 Å². The number of nitrogens with one attached hydrogen (secondary N) is 1. The molecule has 0 spiro atoms. The highest BCUT2D eigenvalue weighted by Crippen LogP contribution is 2.49. The lowest BCUT2D eigenvalue weighted by atomic mass is 10.0. The van der Waals surface area contributed by atoms with E-state index in [1.54, 1.807) is 0 Å². The first-order valence-electron chi connectivity index (χ1n) is 8.51. The van der Waals surface area contributed by atoms with E-state index in [0.717, 1.165) is 46.9 Å². The first kappa shape index (κ1) is 16.7. The summed E-state index contributed by atoms with van der Waals surface area (Å²) in [5.41, 5.74) is 3.91. The number of rotatable bonds is 6. The van der Waals surface area contributed by atoms with E-state index in [0.29, 0.717) is 12.4 Å². The molecule has 1 aliphatic rings. The van der Waals surface area contributed by atoms with Crippen LogP contribution in [-0.2, 0) is 6.54 Å². The Morgan fingerprint density at radius 2 is 2.19 bits per heavy atom. The first-order chi connectivity index (χ1) is 12.6. The summed E-state index contributed by atoms with van der Waals surface area (Å²) in [6, 6.07) is 4.26. The number of aromatic nitrogens is 5. The van der Waals surface area contributed by atoms with Gasteiger partial charge < -0.3 is 5.32 Å². The SMILES string of the molecule is Cc1cc(Nc2ncc(C)c(-c3cnn(CC4(CC#N)CC4)c3)n2)sn1. The molecule has 0 amide bonds. The number of hydrogen-bond acceptors (Lipinski definition) is 7. The largest absolute Gasteiger partial charge is 0.314 e. The van der Waals surface area contributed by atoms with Gasteiger partial charge in [-0.1, -0.05) is 0 Å². The second-order valence-corrected chi connectivity index (χ2v) is 7.75. The van der Waals surface area contributed by atoms with Crippen LogP contribution in [0.1, 0.15) is 30.5 Å². The average Bonchev–Trinajstić information content (AvgIpc) is 3.01. The van der Waals surface area contributed by atoms with Crippen molar-refractivity contribution in [1.82, 2.24) is 24.1 Å². The molecule has 0 unspecified atom stereocenters. The molecule has 132 valence electrons.